The number of hydrogen-bond donors (Lipinski definition) is 1. The normalized spacial score (nSPS) is 35.3. The molecule has 0 aliphatic heterocycles. The van der Waals surface area contributed by atoms with Gasteiger partial charge in [-0.3, -0.25) is 0 Å². The zero-order chi connectivity index (χ0) is 6.69. The Bertz CT molecular complexity index is 83.0. The zero-order valence-corrected chi connectivity index (χ0v) is 5.97. The summed E-state index contributed by atoms with van der Waals surface area (Å²) in [5.74, 6) is 0. The van der Waals surface area contributed by atoms with Crippen molar-refractivity contribution < 1.29 is 4.74 Å². The number of hydrogen-bond acceptors (Lipinski definition) is 2. The van der Waals surface area contributed by atoms with Crippen LogP contribution in [0, 0.1) is 0 Å². The molecule has 1 rings (SSSR count). The Hall–Kier alpha value is -0.0800. The molecule has 0 saturated heterocycles. The first-order valence-corrected chi connectivity index (χ1v) is 3.70. The van der Waals surface area contributed by atoms with Crippen LogP contribution >= 0.6 is 0 Å². The average Bonchev–Trinajstić information content (AvgIpc) is 2.17. The molecule has 0 spiro atoms. The highest BCUT2D eigenvalue weighted by atomic mass is 16.5. The molecule has 2 heteroatoms. The molecule has 2 atom stereocenters. The van der Waals surface area contributed by atoms with Crippen LogP contribution in [-0.4, -0.2) is 18.8 Å². The molecule has 9 heavy (non-hydrogen) atoms. The zero-order valence-electron chi connectivity index (χ0n) is 5.97. The Morgan fingerprint density at radius 1 is 1.56 bits per heavy atom. The molecule has 0 radical (unpaired) electrons. The van der Waals surface area contributed by atoms with Gasteiger partial charge in [0.15, 0.2) is 0 Å². The average molecular weight is 129 g/mol. The Labute approximate surface area is 56.4 Å². The second-order valence-electron chi connectivity index (χ2n) is 2.65. The summed E-state index contributed by atoms with van der Waals surface area (Å²) in [5, 5.41) is 0. The van der Waals surface area contributed by atoms with E-state index in [0.717, 1.165) is 25.9 Å². The fourth-order valence-corrected chi connectivity index (χ4v) is 1.36. The van der Waals surface area contributed by atoms with Crippen molar-refractivity contribution in [3.8, 4) is 0 Å². The lowest BCUT2D eigenvalue weighted by atomic mass is 10.3. The molecule has 0 aromatic carbocycles. The quantitative estimate of drug-likeness (QED) is 0.601. The highest BCUT2D eigenvalue weighted by Crippen LogP contribution is 2.19. The number of nitrogens with two attached hydrogens (primary N) is 1. The molecular weight excluding hydrogens is 114 g/mol. The maximum Gasteiger partial charge on any atom is 0.0590 e. The van der Waals surface area contributed by atoms with Crippen LogP contribution in [0.4, 0.5) is 0 Å². The van der Waals surface area contributed by atoms with Crippen molar-refractivity contribution in [3.05, 3.63) is 0 Å². The van der Waals surface area contributed by atoms with Gasteiger partial charge in [0.2, 0.25) is 0 Å². The highest BCUT2D eigenvalue weighted by molar-refractivity contribution is 4.77. The van der Waals surface area contributed by atoms with E-state index >= 15 is 0 Å². The van der Waals surface area contributed by atoms with Crippen LogP contribution in [0.2, 0.25) is 0 Å². The van der Waals surface area contributed by atoms with Gasteiger partial charge in [-0.15, -0.1) is 0 Å². The van der Waals surface area contributed by atoms with Gasteiger partial charge in [-0.05, 0) is 26.2 Å². The summed E-state index contributed by atoms with van der Waals surface area (Å²) in [5.41, 5.74) is 5.68. The molecule has 0 aromatic rings. The minimum absolute atomic E-state index is 0.404. The molecule has 2 N–H and O–H groups in total. The van der Waals surface area contributed by atoms with E-state index in [-0.39, 0.29) is 0 Å². The van der Waals surface area contributed by atoms with Gasteiger partial charge < -0.3 is 10.5 Å². The summed E-state index contributed by atoms with van der Waals surface area (Å²) in [6.45, 7) is 2.86. The van der Waals surface area contributed by atoms with Crippen molar-refractivity contribution in [3.63, 3.8) is 0 Å². The summed E-state index contributed by atoms with van der Waals surface area (Å²) in [7, 11) is 0. The first-order valence-electron chi connectivity index (χ1n) is 3.70. The van der Waals surface area contributed by atoms with Crippen LogP contribution in [0.3, 0.4) is 0 Å². The molecule has 0 unspecified atom stereocenters. The topological polar surface area (TPSA) is 35.2 Å². The smallest absolute Gasteiger partial charge is 0.0590 e. The molecule has 54 valence electrons. The SMILES string of the molecule is CCO[C@@H]1CC[C@@H](N)C1. The molecule has 1 fully saturated rings. The summed E-state index contributed by atoms with van der Waals surface area (Å²) >= 11 is 0. The molecule has 0 amide bonds. The standard InChI is InChI=1S/C7H15NO/c1-2-9-7-4-3-6(8)5-7/h6-7H,2-5,8H2,1H3/t6-,7-/m1/s1. The van der Waals surface area contributed by atoms with Crippen LogP contribution in [0.15, 0.2) is 0 Å². The predicted octanol–water partition coefficient (Wildman–Crippen LogP) is 0.903. The Morgan fingerprint density at radius 2 is 2.33 bits per heavy atom. The minimum Gasteiger partial charge on any atom is -0.378 e. The van der Waals surface area contributed by atoms with Crippen LogP contribution in [0.1, 0.15) is 26.2 Å². The van der Waals surface area contributed by atoms with E-state index in [1.54, 1.807) is 0 Å². The monoisotopic (exact) mass is 129 g/mol. The van der Waals surface area contributed by atoms with Gasteiger partial charge in [0.05, 0.1) is 6.10 Å². The predicted molar refractivity (Wildman–Crippen MR) is 37.2 cm³/mol. The molecule has 0 bridgehead atoms. The second kappa shape index (κ2) is 3.18. The van der Waals surface area contributed by atoms with Gasteiger partial charge in [-0.1, -0.05) is 0 Å². The van der Waals surface area contributed by atoms with Crippen molar-refractivity contribution in [2.45, 2.75) is 38.3 Å². The third kappa shape index (κ3) is 1.95. The number of rotatable bonds is 2. The van der Waals surface area contributed by atoms with E-state index in [0.29, 0.717) is 12.1 Å². The third-order valence-electron chi connectivity index (χ3n) is 1.83. The summed E-state index contributed by atoms with van der Waals surface area (Å²) < 4.78 is 5.39. The molecule has 2 nitrogen and oxygen atoms in total. The van der Waals surface area contributed by atoms with Crippen LogP contribution < -0.4 is 5.73 Å². The van der Waals surface area contributed by atoms with Gasteiger partial charge >= 0.3 is 0 Å². The first kappa shape index (κ1) is 7.03. The van der Waals surface area contributed by atoms with E-state index in [9.17, 15) is 0 Å². The maximum absolute atomic E-state index is 5.68. The van der Waals surface area contributed by atoms with E-state index in [1.807, 2.05) is 6.92 Å². The van der Waals surface area contributed by atoms with E-state index in [2.05, 4.69) is 0 Å². The van der Waals surface area contributed by atoms with Gasteiger partial charge in [0, 0.05) is 12.6 Å². The molecule has 1 aliphatic rings. The van der Waals surface area contributed by atoms with Crippen molar-refractivity contribution in [2.75, 3.05) is 6.61 Å². The molecule has 0 aromatic heterocycles. The summed E-state index contributed by atoms with van der Waals surface area (Å²) in [6, 6.07) is 0.404. The van der Waals surface area contributed by atoms with Crippen molar-refractivity contribution in [1.82, 2.24) is 0 Å². The first-order chi connectivity index (χ1) is 4.33. The fourth-order valence-electron chi connectivity index (χ4n) is 1.36. The van der Waals surface area contributed by atoms with Gasteiger partial charge in [0.25, 0.3) is 0 Å². The Kier molecular flexibility index (Phi) is 2.49. The van der Waals surface area contributed by atoms with Gasteiger partial charge in [-0.2, -0.15) is 0 Å². The van der Waals surface area contributed by atoms with Crippen LogP contribution in [0.25, 0.3) is 0 Å². The molecular formula is C7H15NO. The van der Waals surface area contributed by atoms with Crippen molar-refractivity contribution in [2.24, 2.45) is 5.73 Å². The highest BCUT2D eigenvalue weighted by Gasteiger charge is 2.21. The van der Waals surface area contributed by atoms with Crippen LogP contribution in [0.5, 0.6) is 0 Å². The van der Waals surface area contributed by atoms with Crippen molar-refractivity contribution >= 4 is 0 Å². The lowest BCUT2D eigenvalue weighted by Crippen LogP contribution is -2.17. The summed E-state index contributed by atoms with van der Waals surface area (Å²) in [6.07, 6.45) is 3.83. The van der Waals surface area contributed by atoms with Gasteiger partial charge in [0.1, 0.15) is 0 Å². The minimum atomic E-state index is 0.404. The second-order valence-corrected chi connectivity index (χ2v) is 2.65. The van der Waals surface area contributed by atoms with Gasteiger partial charge in [-0.25, -0.2) is 0 Å². The van der Waals surface area contributed by atoms with E-state index in [4.69, 9.17) is 10.5 Å². The molecule has 1 aliphatic carbocycles. The lowest BCUT2D eigenvalue weighted by molar-refractivity contribution is 0.0675. The maximum atomic E-state index is 5.68. The Morgan fingerprint density at radius 3 is 2.78 bits per heavy atom. The fraction of sp³-hybridized carbons (Fsp3) is 1.00. The lowest BCUT2D eigenvalue weighted by Gasteiger charge is -2.07. The summed E-state index contributed by atoms with van der Waals surface area (Å²) in [4.78, 5) is 0. The van der Waals surface area contributed by atoms with E-state index < -0.39 is 0 Å². The number of ether oxygens (including phenoxy) is 1. The third-order valence-corrected chi connectivity index (χ3v) is 1.83. The van der Waals surface area contributed by atoms with Crippen molar-refractivity contribution in [1.29, 1.82) is 0 Å². The van der Waals surface area contributed by atoms with E-state index in [1.165, 1.54) is 0 Å². The molecule has 0 heterocycles. The Balaban J connectivity index is 2.14. The molecule has 1 saturated carbocycles. The largest absolute Gasteiger partial charge is 0.378 e. The van der Waals surface area contributed by atoms with Crippen LogP contribution in [-0.2, 0) is 4.74 Å².